The summed E-state index contributed by atoms with van der Waals surface area (Å²) >= 11 is 0. The highest BCUT2D eigenvalue weighted by Gasteiger charge is 2.44. The van der Waals surface area contributed by atoms with Crippen LogP contribution < -0.4 is 0 Å². The molecule has 0 radical (unpaired) electrons. The topological polar surface area (TPSA) is 52.6 Å². The van der Waals surface area contributed by atoms with Gasteiger partial charge in [-0.15, -0.1) is 0 Å². The summed E-state index contributed by atoms with van der Waals surface area (Å²) in [6.07, 6.45) is -0.209. The second kappa shape index (κ2) is 7.15. The van der Waals surface area contributed by atoms with E-state index >= 15 is 0 Å². The second-order valence-corrected chi connectivity index (χ2v) is 4.73. The summed E-state index contributed by atoms with van der Waals surface area (Å²) in [7, 11) is 0. The maximum atomic E-state index is 13.2. The van der Waals surface area contributed by atoms with Crippen LogP contribution in [-0.2, 0) is 25.5 Å². The number of esters is 2. The summed E-state index contributed by atoms with van der Waals surface area (Å²) in [6.45, 7) is 4.72. The summed E-state index contributed by atoms with van der Waals surface area (Å²) < 4.78 is 36.2. The van der Waals surface area contributed by atoms with Crippen LogP contribution in [0, 0.1) is 17.0 Å². The quantitative estimate of drug-likeness (QED) is 0.598. The van der Waals surface area contributed by atoms with Gasteiger partial charge in [-0.3, -0.25) is 9.59 Å². The van der Waals surface area contributed by atoms with Crippen molar-refractivity contribution in [2.24, 2.45) is 5.41 Å². The van der Waals surface area contributed by atoms with Crippen molar-refractivity contribution in [1.82, 2.24) is 0 Å². The van der Waals surface area contributed by atoms with Crippen molar-refractivity contribution in [3.8, 4) is 0 Å². The smallest absolute Gasteiger partial charge is 0.323 e. The van der Waals surface area contributed by atoms with Gasteiger partial charge in [0.15, 0.2) is 5.41 Å². The minimum atomic E-state index is -1.65. The van der Waals surface area contributed by atoms with E-state index in [9.17, 15) is 18.4 Å². The molecule has 0 N–H and O–H groups in total. The lowest BCUT2D eigenvalue weighted by atomic mass is 9.83. The molecule has 1 aromatic rings. The third-order valence-electron chi connectivity index (χ3n) is 2.93. The molecule has 0 unspecified atom stereocenters. The Balaban J connectivity index is 3.12. The number of halogens is 2. The molecule has 0 saturated heterocycles. The normalized spacial score (nSPS) is 11.1. The van der Waals surface area contributed by atoms with E-state index < -0.39 is 29.0 Å². The number of hydrogen-bond acceptors (Lipinski definition) is 4. The van der Waals surface area contributed by atoms with Gasteiger partial charge in [0.05, 0.1) is 13.2 Å². The van der Waals surface area contributed by atoms with E-state index in [0.717, 1.165) is 18.2 Å². The Bertz CT molecular complexity index is 490. The van der Waals surface area contributed by atoms with Crippen LogP contribution in [0.2, 0.25) is 0 Å². The van der Waals surface area contributed by atoms with Crippen LogP contribution in [0.1, 0.15) is 26.3 Å². The van der Waals surface area contributed by atoms with E-state index in [4.69, 9.17) is 9.47 Å². The van der Waals surface area contributed by atoms with E-state index in [1.807, 2.05) is 0 Å². The number of benzene rings is 1. The largest absolute Gasteiger partial charge is 0.465 e. The summed E-state index contributed by atoms with van der Waals surface area (Å²) in [6, 6.07) is 2.86. The number of carbonyl (C=O) groups is 2. The lowest BCUT2D eigenvalue weighted by Crippen LogP contribution is -2.41. The number of ether oxygens (including phenoxy) is 2. The van der Waals surface area contributed by atoms with Crippen LogP contribution >= 0.6 is 0 Å². The van der Waals surface area contributed by atoms with Gasteiger partial charge in [0.2, 0.25) is 0 Å². The first-order chi connectivity index (χ1) is 9.83. The van der Waals surface area contributed by atoms with Gasteiger partial charge in [-0.1, -0.05) is 0 Å². The first-order valence-corrected chi connectivity index (χ1v) is 6.63. The summed E-state index contributed by atoms with van der Waals surface area (Å²) in [5, 5.41) is 0. The SMILES string of the molecule is CCOC(=O)C(C)(Cc1cc(F)cc(F)c1)C(=O)OCC. The standard InChI is InChI=1S/C15H18F2O4/c1-4-20-13(18)15(3,14(19)21-5-2)9-10-6-11(16)8-12(17)7-10/h6-8H,4-5,9H2,1-3H3. The second-order valence-electron chi connectivity index (χ2n) is 4.73. The average molecular weight is 300 g/mol. The van der Waals surface area contributed by atoms with Crippen molar-refractivity contribution < 1.29 is 27.8 Å². The van der Waals surface area contributed by atoms with E-state index in [1.165, 1.54) is 6.92 Å². The van der Waals surface area contributed by atoms with Crippen LogP contribution in [0.15, 0.2) is 18.2 Å². The first kappa shape index (κ1) is 17.1. The minimum absolute atomic E-state index is 0.0886. The molecular formula is C15H18F2O4. The lowest BCUT2D eigenvalue weighted by molar-refractivity contribution is -0.170. The maximum Gasteiger partial charge on any atom is 0.323 e. The molecule has 6 heteroatoms. The third-order valence-corrected chi connectivity index (χ3v) is 2.93. The molecule has 0 spiro atoms. The fourth-order valence-electron chi connectivity index (χ4n) is 1.93. The van der Waals surface area contributed by atoms with E-state index in [0.29, 0.717) is 0 Å². The monoisotopic (exact) mass is 300 g/mol. The zero-order valence-corrected chi connectivity index (χ0v) is 12.2. The molecule has 0 fully saturated rings. The van der Waals surface area contributed by atoms with Crippen LogP contribution in [0.5, 0.6) is 0 Å². The first-order valence-electron chi connectivity index (χ1n) is 6.63. The van der Waals surface area contributed by atoms with Gasteiger partial charge in [-0.25, -0.2) is 8.78 Å². The molecule has 21 heavy (non-hydrogen) atoms. The van der Waals surface area contributed by atoms with Crippen molar-refractivity contribution in [2.75, 3.05) is 13.2 Å². The van der Waals surface area contributed by atoms with Crippen molar-refractivity contribution in [3.05, 3.63) is 35.4 Å². The zero-order valence-electron chi connectivity index (χ0n) is 12.2. The summed E-state index contributed by atoms with van der Waals surface area (Å²) in [5.74, 6) is -3.12. The molecule has 0 heterocycles. The highest BCUT2D eigenvalue weighted by atomic mass is 19.1. The molecule has 116 valence electrons. The number of rotatable bonds is 6. The predicted molar refractivity (Wildman–Crippen MR) is 71.4 cm³/mol. The van der Waals surface area contributed by atoms with Crippen molar-refractivity contribution >= 4 is 11.9 Å². The molecular weight excluding hydrogens is 282 g/mol. The van der Waals surface area contributed by atoms with E-state index in [1.54, 1.807) is 13.8 Å². The minimum Gasteiger partial charge on any atom is -0.465 e. The maximum absolute atomic E-state index is 13.2. The molecule has 0 aliphatic heterocycles. The molecule has 0 atom stereocenters. The van der Waals surface area contributed by atoms with Crippen LogP contribution in [0.25, 0.3) is 0 Å². The van der Waals surface area contributed by atoms with Gasteiger partial charge in [0, 0.05) is 6.07 Å². The third kappa shape index (κ3) is 4.24. The summed E-state index contributed by atoms with van der Waals surface area (Å²) in [5.41, 5.74) is -1.47. The highest BCUT2D eigenvalue weighted by Crippen LogP contribution is 2.27. The highest BCUT2D eigenvalue weighted by molar-refractivity contribution is 5.99. The molecule has 0 aromatic heterocycles. The Morgan fingerprint density at radius 2 is 1.43 bits per heavy atom. The van der Waals surface area contributed by atoms with Crippen molar-refractivity contribution in [3.63, 3.8) is 0 Å². The van der Waals surface area contributed by atoms with Gasteiger partial charge < -0.3 is 9.47 Å². The Morgan fingerprint density at radius 1 is 1.00 bits per heavy atom. The fraction of sp³-hybridized carbons (Fsp3) is 0.467. The van der Waals surface area contributed by atoms with Crippen LogP contribution in [0.3, 0.4) is 0 Å². The molecule has 4 nitrogen and oxygen atoms in total. The fourth-order valence-corrected chi connectivity index (χ4v) is 1.93. The predicted octanol–water partition coefficient (Wildman–Crippen LogP) is 2.64. The van der Waals surface area contributed by atoms with E-state index in [-0.39, 0.29) is 25.2 Å². The van der Waals surface area contributed by atoms with Gasteiger partial charge >= 0.3 is 11.9 Å². The van der Waals surface area contributed by atoms with Gasteiger partial charge in [-0.05, 0) is 44.9 Å². The zero-order chi connectivity index (χ0) is 16.0. The van der Waals surface area contributed by atoms with Crippen molar-refractivity contribution in [2.45, 2.75) is 27.2 Å². The molecule has 0 saturated carbocycles. The van der Waals surface area contributed by atoms with Crippen LogP contribution in [0.4, 0.5) is 8.78 Å². The molecule has 0 aliphatic rings. The number of carbonyl (C=O) groups excluding carboxylic acids is 2. The Labute approximate surface area is 122 Å². The molecule has 1 rings (SSSR count). The average Bonchev–Trinajstić information content (AvgIpc) is 2.37. The molecule has 0 amide bonds. The lowest BCUT2D eigenvalue weighted by Gasteiger charge is -2.25. The number of hydrogen-bond donors (Lipinski definition) is 0. The summed E-state index contributed by atoms with van der Waals surface area (Å²) in [4.78, 5) is 24.1. The molecule has 1 aromatic carbocycles. The Hall–Kier alpha value is -1.98. The molecule has 0 bridgehead atoms. The van der Waals surface area contributed by atoms with Crippen LogP contribution in [-0.4, -0.2) is 25.2 Å². The molecule has 0 aliphatic carbocycles. The van der Waals surface area contributed by atoms with Crippen molar-refractivity contribution in [1.29, 1.82) is 0 Å². The van der Waals surface area contributed by atoms with Gasteiger partial charge in [0.1, 0.15) is 11.6 Å². The van der Waals surface area contributed by atoms with Gasteiger partial charge in [-0.2, -0.15) is 0 Å². The Kier molecular flexibility index (Phi) is 5.81. The van der Waals surface area contributed by atoms with E-state index in [2.05, 4.69) is 0 Å². The Morgan fingerprint density at radius 3 is 1.81 bits per heavy atom. The van der Waals surface area contributed by atoms with Gasteiger partial charge in [0.25, 0.3) is 0 Å².